The van der Waals surface area contributed by atoms with Gasteiger partial charge in [0, 0.05) is 35.9 Å². The number of cyclic esters (lactones) is 1. The van der Waals surface area contributed by atoms with Crippen molar-refractivity contribution >= 4 is 5.97 Å². The molecule has 0 aromatic rings. The van der Waals surface area contributed by atoms with Gasteiger partial charge in [-0.15, -0.1) is 0 Å². The number of hydrogen-bond acceptors (Lipinski definition) is 7. The van der Waals surface area contributed by atoms with Crippen LogP contribution in [0, 0.1) is 29.6 Å². The van der Waals surface area contributed by atoms with E-state index in [2.05, 4.69) is 37.0 Å². The van der Waals surface area contributed by atoms with Crippen LogP contribution < -0.4 is 0 Å². The third kappa shape index (κ3) is 3.69. The first-order valence-corrected chi connectivity index (χ1v) is 13.8. The molecule has 7 heteroatoms. The predicted molar refractivity (Wildman–Crippen MR) is 133 cm³/mol. The lowest BCUT2D eigenvalue weighted by atomic mass is 9.68. The van der Waals surface area contributed by atoms with Crippen LogP contribution in [-0.2, 0) is 19.0 Å². The van der Waals surface area contributed by atoms with Crippen LogP contribution in [0.15, 0.2) is 46.8 Å². The van der Waals surface area contributed by atoms with Gasteiger partial charge in [0.25, 0.3) is 0 Å². The molecule has 0 aromatic heterocycles. The first kappa shape index (κ1) is 24.3. The van der Waals surface area contributed by atoms with E-state index in [1.54, 1.807) is 0 Å². The summed E-state index contributed by atoms with van der Waals surface area (Å²) in [5.41, 5.74) is 0.131. The molecule has 36 heavy (non-hydrogen) atoms. The first-order valence-electron chi connectivity index (χ1n) is 13.8. The summed E-state index contributed by atoms with van der Waals surface area (Å²) in [5.74, 6) is 3.02. The molecule has 196 valence electrons. The van der Waals surface area contributed by atoms with Crippen LogP contribution in [0.5, 0.6) is 0 Å². The van der Waals surface area contributed by atoms with Crippen molar-refractivity contribution in [1.82, 2.24) is 4.90 Å². The lowest BCUT2D eigenvalue weighted by molar-refractivity contribution is -0.134. The van der Waals surface area contributed by atoms with Gasteiger partial charge in [-0.05, 0) is 62.9 Å². The number of carbonyl (C=O) groups is 1. The van der Waals surface area contributed by atoms with Gasteiger partial charge in [-0.2, -0.15) is 0 Å². The molecule has 7 nitrogen and oxygen atoms in total. The smallest absolute Gasteiger partial charge is 0.345 e. The summed E-state index contributed by atoms with van der Waals surface area (Å²) in [6, 6.07) is 0.849. The zero-order valence-corrected chi connectivity index (χ0v) is 21.6. The quantitative estimate of drug-likeness (QED) is 0.451. The molecule has 1 aliphatic carbocycles. The number of aliphatic hydroxyl groups excluding tert-OH is 2. The largest absolute Gasteiger partial charge is 0.492 e. The maximum atomic E-state index is 12.4. The van der Waals surface area contributed by atoms with E-state index in [4.69, 9.17) is 14.2 Å². The average molecular weight is 498 g/mol. The number of fused-ring (bicyclic) bond motifs is 3. The average Bonchev–Trinajstić information content (AvgIpc) is 3.30. The molecule has 9 atom stereocenters. The summed E-state index contributed by atoms with van der Waals surface area (Å²) < 4.78 is 17.5. The Labute approximate surface area is 213 Å². The molecule has 0 spiro atoms. The van der Waals surface area contributed by atoms with Crippen molar-refractivity contribution in [3.05, 3.63) is 46.8 Å². The Morgan fingerprint density at radius 1 is 1.17 bits per heavy atom. The lowest BCUT2D eigenvalue weighted by Gasteiger charge is -2.57. The minimum atomic E-state index is -0.580. The van der Waals surface area contributed by atoms with Gasteiger partial charge in [-0.3, -0.25) is 4.90 Å². The standard InChI is InChI=1S/C29H39NO6/c1-15-5-4-6-18(13-15)25(32)24-17-7-9-19-10-12-22-23(21(11-8-17)30(19)24)16(2)26(35-22)28-27(34-3)20(14-31)29(33)36-28/h4,6,12,15-19,21,23-25,31-32H,5,7-11,13-14H2,1-3H3. The zero-order valence-electron chi connectivity index (χ0n) is 21.6. The van der Waals surface area contributed by atoms with Crippen molar-refractivity contribution in [1.29, 1.82) is 0 Å². The van der Waals surface area contributed by atoms with Gasteiger partial charge in [-0.1, -0.05) is 26.0 Å². The Bertz CT molecular complexity index is 1040. The number of allylic oxidation sites excluding steroid dienone is 2. The fourth-order valence-electron chi connectivity index (χ4n) is 8.09. The second-order valence-electron chi connectivity index (χ2n) is 11.7. The van der Waals surface area contributed by atoms with Crippen molar-refractivity contribution in [2.24, 2.45) is 29.6 Å². The Kier molecular flexibility index (Phi) is 6.29. The Morgan fingerprint density at radius 2 is 1.97 bits per heavy atom. The van der Waals surface area contributed by atoms with Crippen molar-refractivity contribution < 1.29 is 29.2 Å². The molecule has 3 fully saturated rings. The van der Waals surface area contributed by atoms with Gasteiger partial charge in [0.15, 0.2) is 11.5 Å². The van der Waals surface area contributed by atoms with Gasteiger partial charge in [0.1, 0.15) is 11.3 Å². The number of rotatable bonds is 4. The van der Waals surface area contributed by atoms with E-state index in [-0.39, 0.29) is 47.3 Å². The minimum Gasteiger partial charge on any atom is -0.492 e. The summed E-state index contributed by atoms with van der Waals surface area (Å²) in [6.07, 6.45) is 14.0. The molecule has 5 aliphatic heterocycles. The number of piperidine rings is 2. The van der Waals surface area contributed by atoms with Gasteiger partial charge in [0.05, 0.1) is 19.8 Å². The van der Waals surface area contributed by atoms with Crippen molar-refractivity contribution in [2.75, 3.05) is 13.7 Å². The third-order valence-corrected chi connectivity index (χ3v) is 9.74. The molecular weight excluding hydrogens is 458 g/mol. The van der Waals surface area contributed by atoms with Crippen molar-refractivity contribution in [3.8, 4) is 0 Å². The number of nitrogens with zero attached hydrogens (tertiary/aromatic N) is 1. The molecule has 2 bridgehead atoms. The van der Waals surface area contributed by atoms with Gasteiger partial charge >= 0.3 is 5.97 Å². The van der Waals surface area contributed by atoms with Gasteiger partial charge in [0.2, 0.25) is 5.76 Å². The van der Waals surface area contributed by atoms with E-state index in [1.807, 2.05) is 0 Å². The zero-order chi connectivity index (χ0) is 25.1. The van der Waals surface area contributed by atoms with Crippen molar-refractivity contribution in [2.45, 2.75) is 83.0 Å². The fourth-order valence-corrected chi connectivity index (χ4v) is 8.09. The maximum Gasteiger partial charge on any atom is 0.345 e. The molecule has 9 unspecified atom stereocenters. The van der Waals surface area contributed by atoms with E-state index in [9.17, 15) is 15.0 Å². The van der Waals surface area contributed by atoms with E-state index in [0.29, 0.717) is 29.4 Å². The Balaban J connectivity index is 1.35. The van der Waals surface area contributed by atoms with Crippen LogP contribution >= 0.6 is 0 Å². The van der Waals surface area contributed by atoms with Gasteiger partial charge in [-0.25, -0.2) is 4.79 Å². The maximum absolute atomic E-state index is 12.4. The highest BCUT2D eigenvalue weighted by molar-refractivity contribution is 5.94. The van der Waals surface area contributed by atoms with Crippen LogP contribution in [0.2, 0.25) is 0 Å². The Hall–Kier alpha value is -2.09. The monoisotopic (exact) mass is 497 g/mol. The summed E-state index contributed by atoms with van der Waals surface area (Å²) in [4.78, 5) is 15.0. The van der Waals surface area contributed by atoms with Crippen LogP contribution in [0.25, 0.3) is 0 Å². The van der Waals surface area contributed by atoms with E-state index < -0.39 is 12.6 Å². The van der Waals surface area contributed by atoms with Crippen LogP contribution in [-0.4, -0.2) is 59.0 Å². The highest BCUT2D eigenvalue weighted by atomic mass is 16.6. The van der Waals surface area contributed by atoms with Gasteiger partial charge < -0.3 is 24.4 Å². The first-order chi connectivity index (χ1) is 17.4. The Morgan fingerprint density at radius 3 is 2.72 bits per heavy atom. The second-order valence-corrected chi connectivity index (χ2v) is 11.7. The van der Waals surface area contributed by atoms with Crippen LogP contribution in [0.3, 0.4) is 0 Å². The normalized spacial score (nSPS) is 42.9. The molecule has 5 heterocycles. The third-order valence-electron chi connectivity index (χ3n) is 9.74. The molecule has 0 aromatic carbocycles. The number of esters is 1. The molecule has 0 amide bonds. The number of ether oxygens (including phenoxy) is 3. The lowest BCUT2D eigenvalue weighted by Crippen LogP contribution is -2.65. The number of methoxy groups -OCH3 is 1. The van der Waals surface area contributed by atoms with Crippen LogP contribution in [0.4, 0.5) is 0 Å². The van der Waals surface area contributed by atoms with E-state index in [1.165, 1.54) is 13.5 Å². The number of hydrogen-bond donors (Lipinski definition) is 2. The summed E-state index contributed by atoms with van der Waals surface area (Å²) in [7, 11) is 1.48. The highest BCUT2D eigenvalue weighted by Crippen LogP contribution is 2.53. The topological polar surface area (TPSA) is 88.5 Å². The molecule has 0 saturated carbocycles. The molecule has 2 N–H and O–H groups in total. The summed E-state index contributed by atoms with van der Waals surface area (Å²) in [5, 5.41) is 21.5. The van der Waals surface area contributed by atoms with E-state index >= 15 is 0 Å². The molecule has 0 radical (unpaired) electrons. The SMILES string of the molecule is COC1=C(CO)C(=O)OC1=C1OC2=CCC3CCC4CCC(C2C1C)N3C4C(O)C1C=CCC(C)C1. The minimum absolute atomic E-state index is 0.0168. The van der Waals surface area contributed by atoms with Crippen LogP contribution in [0.1, 0.15) is 58.8 Å². The summed E-state index contributed by atoms with van der Waals surface area (Å²) >= 11 is 0. The molecule has 3 saturated heterocycles. The number of aliphatic hydroxyl groups is 2. The number of carbonyl (C=O) groups excluding carboxylic acids is 1. The predicted octanol–water partition coefficient (Wildman–Crippen LogP) is 3.79. The molecule has 6 rings (SSSR count). The second kappa shape index (κ2) is 9.34. The van der Waals surface area contributed by atoms with E-state index in [0.717, 1.165) is 44.3 Å². The molecular formula is C29H39NO6. The highest BCUT2D eigenvalue weighted by Gasteiger charge is 2.55. The molecule has 6 aliphatic rings. The van der Waals surface area contributed by atoms with Crippen molar-refractivity contribution in [3.63, 3.8) is 0 Å². The summed E-state index contributed by atoms with van der Waals surface area (Å²) in [6.45, 7) is 3.99. The fraction of sp³-hybridized carbons (Fsp3) is 0.690.